The largest absolute Gasteiger partial charge is 0.369 e. The summed E-state index contributed by atoms with van der Waals surface area (Å²) in [6.07, 6.45) is 0. The molecule has 4 nitrogen and oxygen atoms in total. The molecule has 0 spiro atoms. The number of nitrogens with two attached hydrogens (primary N) is 1. The van der Waals surface area contributed by atoms with Crippen LogP contribution in [0, 0.1) is 10.5 Å². The van der Waals surface area contributed by atoms with Crippen LogP contribution in [0.4, 0.5) is 5.95 Å². The third-order valence-electron chi connectivity index (χ3n) is 2.28. The van der Waals surface area contributed by atoms with Gasteiger partial charge >= 0.3 is 0 Å². The summed E-state index contributed by atoms with van der Waals surface area (Å²) in [5.74, 6) is 0.142. The van der Waals surface area contributed by atoms with E-state index in [0.717, 1.165) is 11.1 Å². The molecule has 0 unspecified atom stereocenters. The van der Waals surface area contributed by atoms with Crippen molar-refractivity contribution in [2.75, 3.05) is 5.73 Å². The van der Waals surface area contributed by atoms with Crippen LogP contribution in [0.3, 0.4) is 0 Å². The van der Waals surface area contributed by atoms with Gasteiger partial charge in [-0.15, -0.1) is 0 Å². The molecule has 0 fully saturated rings. The minimum Gasteiger partial charge on any atom is -0.369 e. The second-order valence-corrected chi connectivity index (χ2v) is 4.51. The summed E-state index contributed by atoms with van der Waals surface area (Å²) >= 11 is 1.98. The van der Waals surface area contributed by atoms with Crippen LogP contribution < -0.4 is 11.3 Å². The third kappa shape index (κ3) is 1.95. The highest BCUT2D eigenvalue weighted by Crippen LogP contribution is 2.24. The fourth-order valence-corrected chi connectivity index (χ4v) is 2.04. The molecule has 0 aliphatic heterocycles. The Morgan fingerprint density at radius 2 is 2.06 bits per heavy atom. The van der Waals surface area contributed by atoms with E-state index in [0.29, 0.717) is 9.26 Å². The van der Waals surface area contributed by atoms with E-state index in [1.807, 2.05) is 53.8 Å². The number of hydrogen-bond acceptors (Lipinski definition) is 3. The average molecular weight is 327 g/mol. The van der Waals surface area contributed by atoms with E-state index in [1.165, 1.54) is 0 Å². The lowest BCUT2D eigenvalue weighted by Crippen LogP contribution is -2.15. The van der Waals surface area contributed by atoms with Crippen LogP contribution in [0.15, 0.2) is 29.1 Å². The Morgan fingerprint density at radius 3 is 2.75 bits per heavy atom. The maximum Gasteiger partial charge on any atom is 0.266 e. The molecule has 1 heterocycles. The normalized spacial score (nSPS) is 10.4. The number of nitrogens with one attached hydrogen (secondary N) is 1. The zero-order valence-corrected chi connectivity index (χ0v) is 10.8. The first-order valence-corrected chi connectivity index (χ1v) is 5.79. The number of nitrogen functional groups attached to an aromatic ring is 1. The third-order valence-corrected chi connectivity index (χ3v) is 3.28. The van der Waals surface area contributed by atoms with Crippen LogP contribution in [0.5, 0.6) is 0 Å². The highest BCUT2D eigenvalue weighted by Gasteiger charge is 2.11. The van der Waals surface area contributed by atoms with Crippen molar-refractivity contribution >= 4 is 28.5 Å². The molecule has 0 amide bonds. The highest BCUT2D eigenvalue weighted by atomic mass is 127. The van der Waals surface area contributed by atoms with Crippen molar-refractivity contribution in [1.29, 1.82) is 0 Å². The number of H-pyrrole nitrogens is 1. The van der Waals surface area contributed by atoms with Gasteiger partial charge in [0, 0.05) is 5.56 Å². The van der Waals surface area contributed by atoms with E-state index in [1.54, 1.807) is 0 Å². The van der Waals surface area contributed by atoms with Gasteiger partial charge in [-0.3, -0.25) is 9.78 Å². The van der Waals surface area contributed by atoms with E-state index in [9.17, 15) is 4.79 Å². The van der Waals surface area contributed by atoms with Gasteiger partial charge in [-0.1, -0.05) is 24.3 Å². The lowest BCUT2D eigenvalue weighted by molar-refractivity contribution is 1.12. The summed E-state index contributed by atoms with van der Waals surface area (Å²) in [5.41, 5.74) is 7.98. The molecule has 0 atom stereocenters. The number of aromatic amines is 1. The van der Waals surface area contributed by atoms with Crippen LogP contribution in [0.25, 0.3) is 11.3 Å². The van der Waals surface area contributed by atoms with Gasteiger partial charge in [-0.2, -0.15) is 0 Å². The average Bonchev–Trinajstić information content (AvgIpc) is 2.24. The summed E-state index contributed by atoms with van der Waals surface area (Å²) < 4.78 is 0.557. The molecule has 0 bridgehead atoms. The highest BCUT2D eigenvalue weighted by molar-refractivity contribution is 14.1. The van der Waals surface area contributed by atoms with E-state index in [-0.39, 0.29) is 11.5 Å². The Labute approximate surface area is 106 Å². The van der Waals surface area contributed by atoms with Crippen molar-refractivity contribution in [2.24, 2.45) is 0 Å². The fourth-order valence-electron chi connectivity index (χ4n) is 1.49. The zero-order chi connectivity index (χ0) is 11.7. The molecule has 82 valence electrons. The summed E-state index contributed by atoms with van der Waals surface area (Å²) in [5, 5.41) is 0. The Balaban J connectivity index is 2.74. The zero-order valence-electron chi connectivity index (χ0n) is 8.62. The van der Waals surface area contributed by atoms with E-state index >= 15 is 0 Å². The van der Waals surface area contributed by atoms with Gasteiger partial charge in [-0.25, -0.2) is 4.98 Å². The monoisotopic (exact) mass is 327 g/mol. The van der Waals surface area contributed by atoms with Crippen LogP contribution in [0.2, 0.25) is 0 Å². The molecular formula is C11H10IN3O. The van der Waals surface area contributed by atoms with Crippen LogP contribution in [-0.4, -0.2) is 9.97 Å². The Kier molecular flexibility index (Phi) is 2.95. The molecule has 2 aromatic rings. The smallest absolute Gasteiger partial charge is 0.266 e. The maximum atomic E-state index is 11.6. The molecule has 5 heteroatoms. The second kappa shape index (κ2) is 4.25. The molecule has 16 heavy (non-hydrogen) atoms. The standard InChI is InChI=1S/C11H10IN3O/c1-6-4-2-3-5-7(6)9-8(12)10(16)15-11(13)14-9/h2-5H,1H3,(H3,13,14,15,16). The molecule has 0 radical (unpaired) electrons. The summed E-state index contributed by atoms with van der Waals surface area (Å²) in [6, 6.07) is 7.77. The number of rotatable bonds is 1. The SMILES string of the molecule is Cc1ccccc1-c1nc(N)[nH]c(=O)c1I. The predicted octanol–water partition coefficient (Wildman–Crippen LogP) is 1.93. The molecule has 0 saturated carbocycles. The topological polar surface area (TPSA) is 71.8 Å². The lowest BCUT2D eigenvalue weighted by Gasteiger charge is -2.07. The van der Waals surface area contributed by atoms with Crippen molar-refractivity contribution in [3.63, 3.8) is 0 Å². The van der Waals surface area contributed by atoms with Crippen molar-refractivity contribution in [1.82, 2.24) is 9.97 Å². The van der Waals surface area contributed by atoms with Gasteiger partial charge in [-0.05, 0) is 35.1 Å². The molecule has 2 rings (SSSR count). The Bertz CT molecular complexity index is 592. The molecule has 0 aliphatic carbocycles. The number of nitrogens with zero attached hydrogens (tertiary/aromatic N) is 1. The summed E-state index contributed by atoms with van der Waals surface area (Å²) in [4.78, 5) is 18.2. The van der Waals surface area contributed by atoms with Gasteiger partial charge in [0.2, 0.25) is 5.95 Å². The van der Waals surface area contributed by atoms with Crippen molar-refractivity contribution in [2.45, 2.75) is 6.92 Å². The number of aromatic nitrogens is 2. The van der Waals surface area contributed by atoms with Crippen LogP contribution >= 0.6 is 22.6 Å². The molecule has 1 aromatic carbocycles. The van der Waals surface area contributed by atoms with Crippen molar-refractivity contribution < 1.29 is 0 Å². The van der Waals surface area contributed by atoms with Crippen molar-refractivity contribution in [3.05, 3.63) is 43.8 Å². The molecule has 0 saturated heterocycles. The van der Waals surface area contributed by atoms with Crippen LogP contribution in [0.1, 0.15) is 5.56 Å². The second-order valence-electron chi connectivity index (χ2n) is 3.43. The van der Waals surface area contributed by atoms with Gasteiger partial charge in [0.15, 0.2) is 0 Å². The lowest BCUT2D eigenvalue weighted by atomic mass is 10.1. The van der Waals surface area contributed by atoms with Gasteiger partial charge in [0.1, 0.15) is 3.57 Å². The first-order chi connectivity index (χ1) is 7.59. The summed E-state index contributed by atoms with van der Waals surface area (Å²) in [6.45, 7) is 1.98. The van der Waals surface area contributed by atoms with E-state index in [4.69, 9.17) is 5.73 Å². The number of anilines is 1. The number of aryl methyl sites for hydroxylation is 1. The molecule has 1 aromatic heterocycles. The Hall–Kier alpha value is -1.37. The fraction of sp³-hybridized carbons (Fsp3) is 0.0909. The number of hydrogen-bond donors (Lipinski definition) is 2. The minimum atomic E-state index is -0.202. The van der Waals surface area contributed by atoms with Gasteiger partial charge in [0.05, 0.1) is 5.69 Å². The first-order valence-electron chi connectivity index (χ1n) is 4.71. The molecule has 3 N–H and O–H groups in total. The number of benzene rings is 1. The van der Waals surface area contributed by atoms with Crippen LogP contribution in [-0.2, 0) is 0 Å². The van der Waals surface area contributed by atoms with Gasteiger partial charge < -0.3 is 5.73 Å². The maximum absolute atomic E-state index is 11.6. The van der Waals surface area contributed by atoms with Crippen molar-refractivity contribution in [3.8, 4) is 11.3 Å². The van der Waals surface area contributed by atoms with E-state index < -0.39 is 0 Å². The first kappa shape index (κ1) is 11.1. The summed E-state index contributed by atoms with van der Waals surface area (Å²) in [7, 11) is 0. The Morgan fingerprint density at radius 1 is 1.38 bits per heavy atom. The van der Waals surface area contributed by atoms with E-state index in [2.05, 4.69) is 9.97 Å². The predicted molar refractivity (Wildman–Crippen MR) is 72.2 cm³/mol. The quantitative estimate of drug-likeness (QED) is 0.786. The van der Waals surface area contributed by atoms with Gasteiger partial charge in [0.25, 0.3) is 5.56 Å². The molecule has 0 aliphatic rings. The number of halogens is 1. The minimum absolute atomic E-state index is 0.142. The molecular weight excluding hydrogens is 317 g/mol.